The highest BCUT2D eigenvalue weighted by Crippen LogP contribution is 2.19. The van der Waals surface area contributed by atoms with Gasteiger partial charge in [0.2, 0.25) is 0 Å². The van der Waals surface area contributed by atoms with Crippen molar-refractivity contribution in [3.63, 3.8) is 0 Å². The molecule has 0 unspecified atom stereocenters. The first-order valence-electron chi connectivity index (χ1n) is 5.72. The molecule has 0 radical (unpaired) electrons. The number of anilines is 1. The molecule has 0 saturated heterocycles. The van der Waals surface area contributed by atoms with E-state index in [1.165, 1.54) is 17.5 Å². The van der Waals surface area contributed by atoms with Gasteiger partial charge in [0.25, 0.3) is 0 Å². The van der Waals surface area contributed by atoms with Crippen LogP contribution in [0.3, 0.4) is 0 Å². The van der Waals surface area contributed by atoms with Crippen molar-refractivity contribution in [2.24, 2.45) is 5.92 Å². The Morgan fingerprint density at radius 2 is 1.93 bits per heavy atom. The normalized spacial score (nSPS) is 10.7. The molecule has 0 aliphatic heterocycles. The van der Waals surface area contributed by atoms with Gasteiger partial charge in [-0.3, -0.25) is 0 Å². The molecule has 2 N–H and O–H groups in total. The Kier molecular flexibility index (Phi) is 4.63. The van der Waals surface area contributed by atoms with Crippen molar-refractivity contribution in [3.05, 3.63) is 29.3 Å². The highest BCUT2D eigenvalue weighted by molar-refractivity contribution is 5.48. The van der Waals surface area contributed by atoms with Crippen molar-refractivity contribution in [3.8, 4) is 0 Å². The molecule has 0 aromatic heterocycles. The Labute approximate surface area is 93.1 Å². The van der Waals surface area contributed by atoms with Gasteiger partial charge in [0, 0.05) is 12.7 Å². The lowest BCUT2D eigenvalue weighted by molar-refractivity contribution is 0.643. The van der Waals surface area contributed by atoms with Crippen molar-refractivity contribution < 1.29 is 0 Å². The summed E-state index contributed by atoms with van der Waals surface area (Å²) < 4.78 is 0. The zero-order chi connectivity index (χ0) is 11.3. The second kappa shape index (κ2) is 5.76. The molecular weight excluding hydrogens is 184 g/mol. The van der Waals surface area contributed by atoms with Crippen molar-refractivity contribution in [1.82, 2.24) is 5.43 Å². The van der Waals surface area contributed by atoms with E-state index in [0.29, 0.717) is 0 Å². The first kappa shape index (κ1) is 12.1. The smallest absolute Gasteiger partial charge is 0.0490 e. The van der Waals surface area contributed by atoms with Gasteiger partial charge in [0.1, 0.15) is 0 Å². The van der Waals surface area contributed by atoms with Crippen LogP contribution in [0.15, 0.2) is 18.2 Å². The Bertz CT molecular complexity index is 305. The largest absolute Gasteiger partial charge is 0.322 e. The van der Waals surface area contributed by atoms with E-state index in [0.717, 1.165) is 18.0 Å². The number of aryl methyl sites for hydroxylation is 1. The van der Waals surface area contributed by atoms with Gasteiger partial charge in [-0.2, -0.15) is 0 Å². The van der Waals surface area contributed by atoms with E-state index in [4.69, 9.17) is 0 Å². The number of hydrogen-bond acceptors (Lipinski definition) is 2. The van der Waals surface area contributed by atoms with Crippen LogP contribution in [-0.4, -0.2) is 7.05 Å². The average molecular weight is 206 g/mol. The Morgan fingerprint density at radius 1 is 1.20 bits per heavy atom. The number of rotatable bonds is 5. The Morgan fingerprint density at radius 3 is 2.47 bits per heavy atom. The highest BCUT2D eigenvalue weighted by atomic mass is 15.3. The molecule has 15 heavy (non-hydrogen) atoms. The van der Waals surface area contributed by atoms with Crippen LogP contribution in [0.1, 0.15) is 31.9 Å². The van der Waals surface area contributed by atoms with E-state index in [2.05, 4.69) is 49.8 Å². The molecule has 84 valence electrons. The molecule has 1 aromatic carbocycles. The Hall–Kier alpha value is -1.02. The molecule has 0 amide bonds. The molecule has 0 aliphatic rings. The summed E-state index contributed by atoms with van der Waals surface area (Å²) in [5.74, 6) is 0.721. The summed E-state index contributed by atoms with van der Waals surface area (Å²) in [6.45, 7) is 6.74. The van der Waals surface area contributed by atoms with Gasteiger partial charge >= 0.3 is 0 Å². The van der Waals surface area contributed by atoms with Gasteiger partial charge in [-0.15, -0.1) is 0 Å². The van der Waals surface area contributed by atoms with Crippen molar-refractivity contribution in [1.29, 1.82) is 0 Å². The first-order chi connectivity index (χ1) is 7.17. The molecule has 0 aliphatic carbocycles. The number of benzene rings is 1. The summed E-state index contributed by atoms with van der Waals surface area (Å²) >= 11 is 0. The van der Waals surface area contributed by atoms with E-state index in [9.17, 15) is 0 Å². The summed E-state index contributed by atoms with van der Waals surface area (Å²) in [6, 6.07) is 6.60. The van der Waals surface area contributed by atoms with Crippen molar-refractivity contribution in [2.75, 3.05) is 12.5 Å². The summed E-state index contributed by atoms with van der Waals surface area (Å²) in [5.41, 5.74) is 10.1. The van der Waals surface area contributed by atoms with E-state index >= 15 is 0 Å². The quantitative estimate of drug-likeness (QED) is 0.724. The molecule has 0 atom stereocenters. The maximum absolute atomic E-state index is 3.11. The topological polar surface area (TPSA) is 24.1 Å². The second-order valence-corrected chi connectivity index (χ2v) is 4.31. The third kappa shape index (κ3) is 3.56. The van der Waals surface area contributed by atoms with Crippen LogP contribution in [0, 0.1) is 5.92 Å². The van der Waals surface area contributed by atoms with Crippen molar-refractivity contribution >= 4 is 5.69 Å². The average Bonchev–Trinajstić information content (AvgIpc) is 2.20. The predicted molar refractivity (Wildman–Crippen MR) is 67.0 cm³/mol. The molecular formula is C13H22N2. The maximum atomic E-state index is 3.11. The van der Waals surface area contributed by atoms with Gasteiger partial charge < -0.3 is 5.43 Å². The lowest BCUT2D eigenvalue weighted by atomic mass is 9.96. The fourth-order valence-corrected chi connectivity index (χ4v) is 1.82. The molecule has 0 fully saturated rings. The van der Waals surface area contributed by atoms with E-state index in [1.807, 2.05) is 7.05 Å². The zero-order valence-electron chi connectivity index (χ0n) is 10.2. The second-order valence-electron chi connectivity index (χ2n) is 4.31. The predicted octanol–water partition coefficient (Wildman–Crippen LogP) is 2.99. The van der Waals surface area contributed by atoms with Gasteiger partial charge in [-0.05, 0) is 42.0 Å². The van der Waals surface area contributed by atoms with Crippen LogP contribution >= 0.6 is 0 Å². The monoisotopic (exact) mass is 206 g/mol. The third-order valence-corrected chi connectivity index (χ3v) is 2.48. The Balaban J connectivity index is 2.88. The summed E-state index contributed by atoms with van der Waals surface area (Å²) in [5, 5.41) is 0. The lowest BCUT2D eigenvalue weighted by Gasteiger charge is -2.13. The number of hydrazine groups is 1. The SMILES string of the molecule is CCc1cc(NNC)ccc1CC(C)C. The van der Waals surface area contributed by atoms with Crippen LogP contribution in [0.2, 0.25) is 0 Å². The molecule has 0 bridgehead atoms. The van der Waals surface area contributed by atoms with Crippen LogP contribution < -0.4 is 10.9 Å². The van der Waals surface area contributed by atoms with Gasteiger partial charge in [0.15, 0.2) is 0 Å². The molecule has 2 nitrogen and oxygen atoms in total. The fraction of sp³-hybridized carbons (Fsp3) is 0.538. The zero-order valence-corrected chi connectivity index (χ0v) is 10.2. The standard InChI is InChI=1S/C13H22N2/c1-5-11-9-13(15-14-4)7-6-12(11)8-10(2)3/h6-7,9-10,14-15H,5,8H2,1-4H3. The maximum Gasteiger partial charge on any atom is 0.0490 e. The minimum Gasteiger partial charge on any atom is -0.322 e. The fourth-order valence-electron chi connectivity index (χ4n) is 1.82. The van der Waals surface area contributed by atoms with E-state index in [-0.39, 0.29) is 0 Å². The minimum absolute atomic E-state index is 0.721. The van der Waals surface area contributed by atoms with Gasteiger partial charge in [-0.25, -0.2) is 5.43 Å². The van der Waals surface area contributed by atoms with Gasteiger partial charge in [0.05, 0.1) is 0 Å². The van der Waals surface area contributed by atoms with E-state index in [1.54, 1.807) is 0 Å². The molecule has 1 rings (SSSR count). The molecule has 0 spiro atoms. The number of nitrogens with one attached hydrogen (secondary N) is 2. The van der Waals surface area contributed by atoms with Crippen LogP contribution in [0.4, 0.5) is 5.69 Å². The van der Waals surface area contributed by atoms with E-state index < -0.39 is 0 Å². The van der Waals surface area contributed by atoms with Crippen molar-refractivity contribution in [2.45, 2.75) is 33.6 Å². The highest BCUT2D eigenvalue weighted by Gasteiger charge is 2.04. The van der Waals surface area contributed by atoms with Gasteiger partial charge in [-0.1, -0.05) is 26.8 Å². The summed E-state index contributed by atoms with van der Waals surface area (Å²) in [7, 11) is 1.88. The third-order valence-electron chi connectivity index (χ3n) is 2.48. The van der Waals surface area contributed by atoms with Crippen LogP contribution in [0.5, 0.6) is 0 Å². The minimum atomic E-state index is 0.721. The molecule has 2 heteroatoms. The lowest BCUT2D eigenvalue weighted by Crippen LogP contribution is -2.15. The number of hydrogen-bond donors (Lipinski definition) is 2. The summed E-state index contributed by atoms with van der Waals surface area (Å²) in [4.78, 5) is 0. The molecule has 1 aromatic rings. The first-order valence-corrected chi connectivity index (χ1v) is 5.72. The molecule has 0 heterocycles. The summed E-state index contributed by atoms with van der Waals surface area (Å²) in [6.07, 6.45) is 2.27. The van der Waals surface area contributed by atoms with Crippen LogP contribution in [-0.2, 0) is 12.8 Å². The van der Waals surface area contributed by atoms with Crippen LogP contribution in [0.25, 0.3) is 0 Å². The molecule has 0 saturated carbocycles.